The minimum absolute atomic E-state index is 0.127. The second-order valence-electron chi connectivity index (χ2n) is 3.94. The average Bonchev–Trinajstić information content (AvgIpc) is 2.99. The molecule has 0 N–H and O–H groups in total. The largest absolute Gasteiger partial charge is 0.491 e. The molecular formula is C11H11BrN2O. The van der Waals surface area contributed by atoms with E-state index in [1.165, 1.54) is 0 Å². The van der Waals surface area contributed by atoms with Crippen molar-refractivity contribution in [1.82, 2.24) is 4.98 Å². The summed E-state index contributed by atoms with van der Waals surface area (Å²) in [6.45, 7) is 0.629. The van der Waals surface area contributed by atoms with Crippen LogP contribution in [0.4, 0.5) is 0 Å². The third kappa shape index (κ3) is 2.69. The van der Waals surface area contributed by atoms with Crippen LogP contribution in [0.25, 0.3) is 0 Å². The Bertz CT molecular complexity index is 379. The van der Waals surface area contributed by atoms with Gasteiger partial charge in [-0.2, -0.15) is 5.26 Å². The fourth-order valence-electron chi connectivity index (χ4n) is 1.40. The molecule has 1 aromatic rings. The van der Waals surface area contributed by atoms with Crippen molar-refractivity contribution in [2.24, 2.45) is 5.41 Å². The Balaban J connectivity index is 1.88. The lowest BCUT2D eigenvalue weighted by atomic mass is 10.1. The maximum Gasteiger partial charge on any atom is 0.137 e. The van der Waals surface area contributed by atoms with Gasteiger partial charge in [-0.1, -0.05) is 0 Å². The monoisotopic (exact) mass is 266 g/mol. The van der Waals surface area contributed by atoms with Crippen molar-refractivity contribution in [3.63, 3.8) is 0 Å². The summed E-state index contributed by atoms with van der Waals surface area (Å²) in [4.78, 5) is 4.07. The molecule has 0 spiro atoms. The molecule has 0 radical (unpaired) electrons. The fourth-order valence-corrected chi connectivity index (χ4v) is 1.64. The Labute approximate surface area is 97.2 Å². The molecule has 0 saturated heterocycles. The van der Waals surface area contributed by atoms with E-state index in [0.717, 1.165) is 23.2 Å². The van der Waals surface area contributed by atoms with E-state index in [2.05, 4.69) is 27.0 Å². The highest BCUT2D eigenvalue weighted by atomic mass is 79.9. The van der Waals surface area contributed by atoms with E-state index in [4.69, 9.17) is 10.00 Å². The van der Waals surface area contributed by atoms with Crippen LogP contribution in [-0.4, -0.2) is 11.6 Å². The second kappa shape index (κ2) is 4.19. The van der Waals surface area contributed by atoms with Gasteiger partial charge in [-0.15, -0.1) is 0 Å². The van der Waals surface area contributed by atoms with Crippen LogP contribution >= 0.6 is 15.9 Å². The van der Waals surface area contributed by atoms with Crippen LogP contribution in [-0.2, 0) is 0 Å². The Kier molecular flexibility index (Phi) is 2.92. The number of ether oxygens (including phenoxy) is 1. The normalized spacial score (nSPS) is 16.8. The Hall–Kier alpha value is -1.08. The predicted octanol–water partition coefficient (Wildman–Crippen LogP) is 2.92. The molecular weight excluding hydrogens is 256 g/mol. The topological polar surface area (TPSA) is 45.9 Å². The number of nitriles is 1. The Morgan fingerprint density at radius 2 is 2.33 bits per heavy atom. The first kappa shape index (κ1) is 10.4. The molecule has 15 heavy (non-hydrogen) atoms. The zero-order chi connectivity index (χ0) is 10.7. The number of nitrogens with zero attached hydrogens (tertiary/aromatic N) is 2. The van der Waals surface area contributed by atoms with Gasteiger partial charge < -0.3 is 4.74 Å². The van der Waals surface area contributed by atoms with Crippen molar-refractivity contribution in [3.8, 4) is 11.8 Å². The average molecular weight is 267 g/mol. The maximum absolute atomic E-state index is 8.65. The van der Waals surface area contributed by atoms with E-state index in [-0.39, 0.29) is 5.41 Å². The van der Waals surface area contributed by atoms with Crippen LogP contribution < -0.4 is 4.74 Å². The number of hydrogen-bond acceptors (Lipinski definition) is 3. The molecule has 0 bridgehead atoms. The van der Waals surface area contributed by atoms with Gasteiger partial charge >= 0.3 is 0 Å². The molecule has 1 aromatic heterocycles. The lowest BCUT2D eigenvalue weighted by Gasteiger charge is -2.12. The summed E-state index contributed by atoms with van der Waals surface area (Å²) in [6, 6.07) is 5.93. The summed E-state index contributed by atoms with van der Waals surface area (Å²) in [5.74, 6) is 0.766. The first-order valence-corrected chi connectivity index (χ1v) is 5.65. The summed E-state index contributed by atoms with van der Waals surface area (Å²) in [6.07, 6.45) is 4.48. The van der Waals surface area contributed by atoms with Crippen molar-refractivity contribution in [1.29, 1.82) is 5.26 Å². The third-order valence-electron chi connectivity index (χ3n) is 2.66. The molecule has 1 fully saturated rings. The smallest absolute Gasteiger partial charge is 0.137 e. The van der Waals surface area contributed by atoms with Crippen molar-refractivity contribution in [2.45, 2.75) is 19.3 Å². The van der Waals surface area contributed by atoms with Crippen molar-refractivity contribution < 1.29 is 4.74 Å². The van der Waals surface area contributed by atoms with E-state index >= 15 is 0 Å². The Morgan fingerprint density at radius 3 is 2.87 bits per heavy atom. The minimum atomic E-state index is 0.127. The van der Waals surface area contributed by atoms with Crippen LogP contribution in [0.2, 0.25) is 0 Å². The van der Waals surface area contributed by atoms with Crippen LogP contribution in [0, 0.1) is 16.7 Å². The molecule has 1 aliphatic carbocycles. The molecule has 4 heteroatoms. The van der Waals surface area contributed by atoms with E-state index in [1.807, 2.05) is 12.1 Å². The third-order valence-corrected chi connectivity index (χ3v) is 3.13. The predicted molar refractivity (Wildman–Crippen MR) is 59.3 cm³/mol. The van der Waals surface area contributed by atoms with E-state index < -0.39 is 0 Å². The van der Waals surface area contributed by atoms with Gasteiger partial charge in [-0.25, -0.2) is 4.98 Å². The molecule has 78 valence electrons. The van der Waals surface area contributed by atoms with Crippen LogP contribution in [0.1, 0.15) is 19.3 Å². The zero-order valence-corrected chi connectivity index (χ0v) is 9.83. The number of hydrogen-bond donors (Lipinski definition) is 0. The molecule has 0 aliphatic heterocycles. The van der Waals surface area contributed by atoms with Crippen LogP contribution in [0.3, 0.4) is 0 Å². The van der Waals surface area contributed by atoms with Gasteiger partial charge in [0.2, 0.25) is 0 Å². The molecule has 1 aliphatic rings. The molecule has 2 rings (SSSR count). The molecule has 1 saturated carbocycles. The van der Waals surface area contributed by atoms with Gasteiger partial charge in [-0.05, 0) is 40.9 Å². The summed E-state index contributed by atoms with van der Waals surface area (Å²) in [7, 11) is 0. The first-order chi connectivity index (χ1) is 7.24. The van der Waals surface area contributed by atoms with Crippen molar-refractivity contribution in [3.05, 3.63) is 22.9 Å². The van der Waals surface area contributed by atoms with Gasteiger partial charge in [-0.3, -0.25) is 0 Å². The second-order valence-corrected chi connectivity index (χ2v) is 4.75. The highest BCUT2D eigenvalue weighted by Gasteiger charge is 2.43. The van der Waals surface area contributed by atoms with Crippen molar-refractivity contribution >= 4 is 15.9 Å². The summed E-state index contributed by atoms with van der Waals surface area (Å²) in [5.41, 5.74) is 0.127. The van der Waals surface area contributed by atoms with E-state index in [1.54, 1.807) is 6.20 Å². The number of aromatic nitrogens is 1. The molecule has 0 aromatic carbocycles. The summed E-state index contributed by atoms with van der Waals surface area (Å²) >= 11 is 3.26. The molecule has 0 amide bonds. The summed E-state index contributed by atoms with van der Waals surface area (Å²) < 4.78 is 6.41. The molecule has 0 atom stereocenters. The summed E-state index contributed by atoms with van der Waals surface area (Å²) in [5, 5.41) is 8.65. The van der Waals surface area contributed by atoms with Crippen molar-refractivity contribution in [2.75, 3.05) is 6.61 Å². The van der Waals surface area contributed by atoms with E-state index in [0.29, 0.717) is 13.0 Å². The van der Waals surface area contributed by atoms with Gasteiger partial charge in [0.25, 0.3) is 0 Å². The highest BCUT2D eigenvalue weighted by Crippen LogP contribution is 2.48. The number of rotatable bonds is 4. The molecule has 1 heterocycles. The minimum Gasteiger partial charge on any atom is -0.491 e. The lowest BCUT2D eigenvalue weighted by Crippen LogP contribution is -2.12. The van der Waals surface area contributed by atoms with Gasteiger partial charge in [0.05, 0.1) is 18.9 Å². The number of halogens is 1. The molecule has 0 unspecified atom stereocenters. The fraction of sp³-hybridized carbons (Fsp3) is 0.455. The lowest BCUT2D eigenvalue weighted by molar-refractivity contribution is 0.236. The standard InChI is InChI=1S/C11H11BrN2O/c12-10-2-1-9(7-14-10)15-8-11(3-4-11)5-6-13/h1-2,7H,3-5,8H2. The first-order valence-electron chi connectivity index (χ1n) is 4.85. The zero-order valence-electron chi connectivity index (χ0n) is 8.24. The van der Waals surface area contributed by atoms with Crippen LogP contribution in [0.5, 0.6) is 5.75 Å². The Morgan fingerprint density at radius 1 is 1.53 bits per heavy atom. The van der Waals surface area contributed by atoms with Gasteiger partial charge in [0.15, 0.2) is 0 Å². The molecule has 3 nitrogen and oxygen atoms in total. The maximum atomic E-state index is 8.65. The highest BCUT2D eigenvalue weighted by molar-refractivity contribution is 9.10. The SMILES string of the molecule is N#CCC1(COc2ccc(Br)nc2)CC1. The van der Waals surface area contributed by atoms with Gasteiger partial charge in [0, 0.05) is 11.8 Å². The number of pyridine rings is 1. The van der Waals surface area contributed by atoms with E-state index in [9.17, 15) is 0 Å². The van der Waals surface area contributed by atoms with Crippen LogP contribution in [0.15, 0.2) is 22.9 Å². The quantitative estimate of drug-likeness (QED) is 0.788. The van der Waals surface area contributed by atoms with Gasteiger partial charge in [0.1, 0.15) is 10.4 Å².